The van der Waals surface area contributed by atoms with Crippen molar-refractivity contribution in [3.63, 3.8) is 0 Å². The van der Waals surface area contributed by atoms with E-state index in [9.17, 15) is 14.7 Å². The smallest absolute Gasteiger partial charge is 0.307 e. The zero-order chi connectivity index (χ0) is 15.7. The molecule has 0 aromatic heterocycles. The van der Waals surface area contributed by atoms with Crippen molar-refractivity contribution in [1.29, 1.82) is 0 Å². The first kappa shape index (κ1) is 17.9. The molecule has 1 N–H and O–H groups in total. The Balaban J connectivity index is 2.61. The molecule has 6 heteroatoms. The van der Waals surface area contributed by atoms with Crippen molar-refractivity contribution in [1.82, 2.24) is 4.90 Å². The number of hydrogen-bond donors (Lipinski definition) is 1. The van der Waals surface area contributed by atoms with E-state index in [1.54, 1.807) is 4.90 Å². The van der Waals surface area contributed by atoms with Gasteiger partial charge in [-0.2, -0.15) is 0 Å². The zero-order valence-corrected chi connectivity index (χ0v) is 13.0. The second kappa shape index (κ2) is 9.73. The number of carboxylic acids is 1. The Morgan fingerprint density at radius 1 is 1.05 bits per heavy atom. The van der Waals surface area contributed by atoms with Crippen LogP contribution >= 0.6 is 0 Å². The average molecular weight is 301 g/mol. The van der Waals surface area contributed by atoms with Crippen molar-refractivity contribution in [2.45, 2.75) is 33.1 Å². The first-order valence-electron chi connectivity index (χ1n) is 7.78. The Morgan fingerprint density at radius 3 is 2.05 bits per heavy atom. The predicted molar refractivity (Wildman–Crippen MR) is 78.0 cm³/mol. The van der Waals surface area contributed by atoms with Crippen LogP contribution in [0.4, 0.5) is 0 Å². The fourth-order valence-corrected chi connectivity index (χ4v) is 2.76. The van der Waals surface area contributed by atoms with Gasteiger partial charge in [0, 0.05) is 26.3 Å². The zero-order valence-electron chi connectivity index (χ0n) is 13.0. The predicted octanol–water partition coefficient (Wildman–Crippen LogP) is 1.39. The fraction of sp³-hybridized carbons (Fsp3) is 0.867. The number of carbonyl (C=O) groups excluding carboxylic acids is 1. The molecule has 21 heavy (non-hydrogen) atoms. The van der Waals surface area contributed by atoms with Crippen LogP contribution in [0.15, 0.2) is 0 Å². The summed E-state index contributed by atoms with van der Waals surface area (Å²) >= 11 is 0. The molecule has 1 rings (SSSR count). The summed E-state index contributed by atoms with van der Waals surface area (Å²) in [5.41, 5.74) is 0. The molecular formula is C15H27NO5. The Morgan fingerprint density at radius 2 is 1.57 bits per heavy atom. The molecule has 1 aliphatic carbocycles. The summed E-state index contributed by atoms with van der Waals surface area (Å²) in [5.74, 6) is -1.87. The van der Waals surface area contributed by atoms with Crippen LogP contribution in [-0.4, -0.2) is 61.4 Å². The number of nitrogens with zero attached hydrogens (tertiary/aromatic N) is 1. The van der Waals surface area contributed by atoms with Crippen molar-refractivity contribution in [3.8, 4) is 0 Å². The highest BCUT2D eigenvalue weighted by molar-refractivity contribution is 5.85. The molecule has 2 atom stereocenters. The molecule has 0 radical (unpaired) electrons. The molecule has 1 saturated carbocycles. The lowest BCUT2D eigenvalue weighted by atomic mass is 9.94. The lowest BCUT2D eigenvalue weighted by molar-refractivity contribution is -0.149. The summed E-state index contributed by atoms with van der Waals surface area (Å²) in [6, 6.07) is 0. The van der Waals surface area contributed by atoms with Gasteiger partial charge in [0.15, 0.2) is 0 Å². The number of aliphatic carboxylic acids is 1. The van der Waals surface area contributed by atoms with Crippen LogP contribution in [0.3, 0.4) is 0 Å². The first-order valence-corrected chi connectivity index (χ1v) is 7.78. The van der Waals surface area contributed by atoms with Gasteiger partial charge in [0.05, 0.1) is 25.0 Å². The summed E-state index contributed by atoms with van der Waals surface area (Å²) in [6.45, 7) is 6.94. The highest BCUT2D eigenvalue weighted by Gasteiger charge is 2.39. The molecule has 6 nitrogen and oxygen atoms in total. The lowest BCUT2D eigenvalue weighted by Gasteiger charge is -2.27. The Bertz CT molecular complexity index is 324. The largest absolute Gasteiger partial charge is 0.481 e. The molecule has 122 valence electrons. The van der Waals surface area contributed by atoms with Crippen molar-refractivity contribution in [2.24, 2.45) is 11.8 Å². The van der Waals surface area contributed by atoms with Gasteiger partial charge in [-0.05, 0) is 26.7 Å². The van der Waals surface area contributed by atoms with E-state index < -0.39 is 17.8 Å². The summed E-state index contributed by atoms with van der Waals surface area (Å²) in [6.07, 6.45) is 2.06. The van der Waals surface area contributed by atoms with E-state index in [0.717, 1.165) is 6.42 Å². The SMILES string of the molecule is CCOCCN(CCOCC)C(=O)[C@@H]1CCC[C@@H]1C(=O)O. The molecule has 0 aromatic rings. The van der Waals surface area contributed by atoms with Crippen LogP contribution in [0.2, 0.25) is 0 Å². The van der Waals surface area contributed by atoms with E-state index in [1.807, 2.05) is 13.8 Å². The summed E-state index contributed by atoms with van der Waals surface area (Å²) < 4.78 is 10.6. The lowest BCUT2D eigenvalue weighted by Crippen LogP contribution is -2.42. The van der Waals surface area contributed by atoms with Gasteiger partial charge in [0.1, 0.15) is 0 Å². The Hall–Kier alpha value is -1.14. The maximum atomic E-state index is 12.6. The van der Waals surface area contributed by atoms with E-state index in [0.29, 0.717) is 52.4 Å². The summed E-state index contributed by atoms with van der Waals surface area (Å²) in [5, 5.41) is 9.22. The normalized spacial score (nSPS) is 21.4. The molecule has 0 aliphatic heterocycles. The standard InChI is InChI=1S/C15H27NO5/c1-3-20-10-8-16(9-11-21-4-2)14(17)12-6-5-7-13(12)15(18)19/h12-13H,3-11H2,1-2H3,(H,18,19)/t12-,13+/m1/s1. The van der Waals surface area contributed by atoms with Crippen LogP contribution in [0.25, 0.3) is 0 Å². The second-order valence-electron chi connectivity index (χ2n) is 5.20. The molecule has 0 heterocycles. The number of amides is 1. The molecule has 1 aliphatic rings. The molecular weight excluding hydrogens is 274 g/mol. The minimum atomic E-state index is -0.861. The topological polar surface area (TPSA) is 76.1 Å². The molecule has 0 spiro atoms. The molecule has 0 bridgehead atoms. The summed E-state index contributed by atoms with van der Waals surface area (Å²) in [4.78, 5) is 25.5. The molecule has 0 saturated heterocycles. The summed E-state index contributed by atoms with van der Waals surface area (Å²) in [7, 11) is 0. The van der Waals surface area contributed by atoms with Crippen LogP contribution in [0, 0.1) is 11.8 Å². The third-order valence-electron chi connectivity index (χ3n) is 3.88. The maximum absolute atomic E-state index is 12.6. The van der Waals surface area contributed by atoms with Crippen LogP contribution in [0.5, 0.6) is 0 Å². The minimum absolute atomic E-state index is 0.0701. The van der Waals surface area contributed by atoms with E-state index in [-0.39, 0.29) is 5.91 Å². The van der Waals surface area contributed by atoms with E-state index in [1.165, 1.54) is 0 Å². The van der Waals surface area contributed by atoms with Gasteiger partial charge >= 0.3 is 5.97 Å². The number of ether oxygens (including phenoxy) is 2. The molecule has 1 amide bonds. The quantitative estimate of drug-likeness (QED) is 0.617. The van der Waals surface area contributed by atoms with Gasteiger partial charge in [-0.1, -0.05) is 6.42 Å². The second-order valence-corrected chi connectivity index (χ2v) is 5.20. The minimum Gasteiger partial charge on any atom is -0.481 e. The van der Waals surface area contributed by atoms with Gasteiger partial charge in [-0.25, -0.2) is 0 Å². The van der Waals surface area contributed by atoms with Gasteiger partial charge in [0.25, 0.3) is 0 Å². The number of carbonyl (C=O) groups is 2. The van der Waals surface area contributed by atoms with Crippen LogP contribution in [-0.2, 0) is 19.1 Å². The third kappa shape index (κ3) is 5.63. The number of carboxylic acid groups (broad SMARTS) is 1. The third-order valence-corrected chi connectivity index (χ3v) is 3.88. The van der Waals surface area contributed by atoms with Crippen LogP contribution < -0.4 is 0 Å². The van der Waals surface area contributed by atoms with Crippen molar-refractivity contribution in [3.05, 3.63) is 0 Å². The maximum Gasteiger partial charge on any atom is 0.307 e. The average Bonchev–Trinajstić information content (AvgIpc) is 2.95. The first-order chi connectivity index (χ1) is 10.1. The molecule has 0 unspecified atom stereocenters. The van der Waals surface area contributed by atoms with E-state index >= 15 is 0 Å². The highest BCUT2D eigenvalue weighted by atomic mass is 16.5. The van der Waals surface area contributed by atoms with E-state index in [2.05, 4.69) is 0 Å². The molecule has 1 fully saturated rings. The fourth-order valence-electron chi connectivity index (χ4n) is 2.76. The van der Waals surface area contributed by atoms with E-state index in [4.69, 9.17) is 9.47 Å². The van der Waals surface area contributed by atoms with Gasteiger partial charge < -0.3 is 19.5 Å². The Labute approximate surface area is 126 Å². The Kier molecular flexibility index (Phi) is 8.30. The van der Waals surface area contributed by atoms with Crippen molar-refractivity contribution < 1.29 is 24.2 Å². The number of hydrogen-bond acceptors (Lipinski definition) is 4. The van der Waals surface area contributed by atoms with Crippen molar-refractivity contribution in [2.75, 3.05) is 39.5 Å². The van der Waals surface area contributed by atoms with Gasteiger partial charge in [-0.15, -0.1) is 0 Å². The highest BCUT2D eigenvalue weighted by Crippen LogP contribution is 2.33. The van der Waals surface area contributed by atoms with Crippen LogP contribution in [0.1, 0.15) is 33.1 Å². The van der Waals surface area contributed by atoms with Gasteiger partial charge in [-0.3, -0.25) is 9.59 Å². The van der Waals surface area contributed by atoms with Crippen molar-refractivity contribution >= 4 is 11.9 Å². The van der Waals surface area contributed by atoms with Gasteiger partial charge in [0.2, 0.25) is 5.91 Å². The monoisotopic (exact) mass is 301 g/mol. The number of rotatable bonds is 10. The molecule has 0 aromatic carbocycles.